The molecule has 25 heavy (non-hydrogen) atoms. The van der Waals surface area contributed by atoms with Crippen molar-refractivity contribution >= 4 is 0 Å². The van der Waals surface area contributed by atoms with Crippen molar-refractivity contribution in [2.24, 2.45) is 17.8 Å². The number of nitrogens with zero attached hydrogens (tertiary/aromatic N) is 2. The van der Waals surface area contributed by atoms with Gasteiger partial charge in [0.25, 0.3) is 0 Å². The van der Waals surface area contributed by atoms with Crippen LogP contribution in [0.25, 0.3) is 0 Å². The van der Waals surface area contributed by atoms with E-state index >= 15 is 0 Å². The first-order valence-corrected chi connectivity index (χ1v) is 9.37. The number of ether oxygens (including phenoxy) is 2. The Morgan fingerprint density at radius 3 is 2.56 bits per heavy atom. The molecule has 0 bridgehead atoms. The van der Waals surface area contributed by atoms with Crippen molar-refractivity contribution in [3.8, 4) is 6.07 Å². The first kappa shape index (κ1) is 19.8. The van der Waals surface area contributed by atoms with Crippen LogP contribution >= 0.6 is 0 Å². The molecule has 1 aromatic heterocycles. The Balaban J connectivity index is 1.82. The van der Waals surface area contributed by atoms with Crippen molar-refractivity contribution in [3.05, 3.63) is 29.3 Å². The molecule has 138 valence electrons. The van der Waals surface area contributed by atoms with Gasteiger partial charge in [-0.3, -0.25) is 0 Å². The third-order valence-electron chi connectivity index (χ3n) is 5.27. The quantitative estimate of drug-likeness (QED) is 0.663. The van der Waals surface area contributed by atoms with Crippen LogP contribution in [-0.2, 0) is 9.47 Å². The van der Waals surface area contributed by atoms with Gasteiger partial charge in [0, 0.05) is 17.7 Å². The van der Waals surface area contributed by atoms with Gasteiger partial charge in [0.05, 0.1) is 13.2 Å². The van der Waals surface area contributed by atoms with E-state index in [0.29, 0.717) is 30.6 Å². The zero-order valence-corrected chi connectivity index (χ0v) is 15.5. The smallest absolute Gasteiger partial charge is 0.185 e. The molecule has 5 heteroatoms. The normalized spacial score (nSPS) is 23.0. The van der Waals surface area contributed by atoms with E-state index < -0.39 is 12.1 Å². The third kappa shape index (κ3) is 5.49. The van der Waals surface area contributed by atoms with Crippen LogP contribution in [0.5, 0.6) is 0 Å². The maximum absolute atomic E-state index is 13.7. The van der Waals surface area contributed by atoms with E-state index in [1.54, 1.807) is 6.07 Å². The van der Waals surface area contributed by atoms with Crippen molar-refractivity contribution in [1.29, 1.82) is 5.26 Å². The molecule has 2 unspecified atom stereocenters. The van der Waals surface area contributed by atoms with Crippen LogP contribution in [0.4, 0.5) is 4.39 Å². The van der Waals surface area contributed by atoms with Gasteiger partial charge in [0.15, 0.2) is 17.8 Å². The highest BCUT2D eigenvalue weighted by Gasteiger charge is 2.28. The molecule has 0 N–H and O–H groups in total. The second-order valence-electron chi connectivity index (χ2n) is 7.09. The van der Waals surface area contributed by atoms with Crippen LogP contribution in [0.15, 0.2) is 12.3 Å². The fourth-order valence-electron chi connectivity index (χ4n) is 3.40. The first-order chi connectivity index (χ1) is 12.1. The number of rotatable bonds is 8. The van der Waals surface area contributed by atoms with Gasteiger partial charge in [-0.15, -0.1) is 0 Å². The molecule has 1 fully saturated rings. The molecule has 1 aliphatic heterocycles. The van der Waals surface area contributed by atoms with Crippen LogP contribution in [0.3, 0.4) is 0 Å². The molecule has 0 aliphatic carbocycles. The van der Waals surface area contributed by atoms with Gasteiger partial charge in [0.1, 0.15) is 6.07 Å². The fourth-order valence-corrected chi connectivity index (χ4v) is 3.40. The van der Waals surface area contributed by atoms with Gasteiger partial charge in [-0.2, -0.15) is 5.26 Å². The fraction of sp³-hybridized carbons (Fsp3) is 0.700. The highest BCUT2D eigenvalue weighted by Crippen LogP contribution is 2.31. The Morgan fingerprint density at radius 2 is 2.00 bits per heavy atom. The molecular formula is C20H29FN2O2. The lowest BCUT2D eigenvalue weighted by atomic mass is 9.85. The van der Waals surface area contributed by atoms with E-state index in [0.717, 1.165) is 5.92 Å². The van der Waals surface area contributed by atoms with E-state index in [1.165, 1.54) is 44.4 Å². The molecule has 1 aromatic rings. The van der Waals surface area contributed by atoms with Crippen LogP contribution in [0.2, 0.25) is 0 Å². The predicted molar refractivity (Wildman–Crippen MR) is 94.1 cm³/mol. The van der Waals surface area contributed by atoms with Crippen molar-refractivity contribution in [2.75, 3.05) is 13.2 Å². The number of hydrogen-bond donors (Lipinski definition) is 0. The Kier molecular flexibility index (Phi) is 7.80. The summed E-state index contributed by atoms with van der Waals surface area (Å²) in [7, 11) is 0. The lowest BCUT2D eigenvalue weighted by Crippen LogP contribution is -2.31. The molecule has 0 saturated carbocycles. The summed E-state index contributed by atoms with van der Waals surface area (Å²) in [4.78, 5) is 3.81. The topological polar surface area (TPSA) is 55.1 Å². The van der Waals surface area contributed by atoms with Gasteiger partial charge in [-0.25, -0.2) is 9.37 Å². The molecule has 0 amide bonds. The highest BCUT2D eigenvalue weighted by molar-refractivity contribution is 5.26. The SMILES string of the molecule is CCCC(CC)CCC(C)C1COC(c2cnc(C#N)c(F)c2)OC1. The van der Waals surface area contributed by atoms with Gasteiger partial charge in [0.2, 0.25) is 0 Å². The minimum absolute atomic E-state index is 0.205. The second kappa shape index (κ2) is 9.84. The Bertz CT molecular complexity index is 580. The van der Waals surface area contributed by atoms with E-state index in [-0.39, 0.29) is 5.69 Å². The Hall–Kier alpha value is -1.51. The Morgan fingerprint density at radius 1 is 1.28 bits per heavy atom. The number of halogens is 1. The standard InChI is InChI=1S/C20H29FN2O2/c1-4-6-15(5-2)8-7-14(3)17-12-24-20(25-13-17)16-9-18(21)19(10-22)23-11-16/h9,11,14-15,17,20H,4-8,12-13H2,1-3H3. The third-order valence-corrected chi connectivity index (χ3v) is 5.27. The average molecular weight is 348 g/mol. The molecule has 1 saturated heterocycles. The molecular weight excluding hydrogens is 319 g/mol. The molecule has 0 radical (unpaired) electrons. The summed E-state index contributed by atoms with van der Waals surface area (Å²) in [5, 5.41) is 8.74. The number of nitriles is 1. The zero-order chi connectivity index (χ0) is 18.2. The van der Waals surface area contributed by atoms with Gasteiger partial charge < -0.3 is 9.47 Å². The van der Waals surface area contributed by atoms with Crippen LogP contribution in [0.1, 0.15) is 70.4 Å². The van der Waals surface area contributed by atoms with Gasteiger partial charge in [-0.05, 0) is 17.9 Å². The molecule has 2 rings (SSSR count). The van der Waals surface area contributed by atoms with Crippen LogP contribution < -0.4 is 0 Å². The number of aromatic nitrogens is 1. The summed E-state index contributed by atoms with van der Waals surface area (Å²) in [6.45, 7) is 8.00. The lowest BCUT2D eigenvalue weighted by molar-refractivity contribution is -0.212. The van der Waals surface area contributed by atoms with Gasteiger partial charge >= 0.3 is 0 Å². The monoisotopic (exact) mass is 348 g/mol. The van der Waals surface area contributed by atoms with Gasteiger partial charge in [-0.1, -0.05) is 52.9 Å². The van der Waals surface area contributed by atoms with Crippen molar-refractivity contribution in [1.82, 2.24) is 4.98 Å². The molecule has 0 spiro atoms. The number of hydrogen-bond acceptors (Lipinski definition) is 4. The van der Waals surface area contributed by atoms with E-state index in [2.05, 4.69) is 25.8 Å². The highest BCUT2D eigenvalue weighted by atomic mass is 19.1. The summed E-state index contributed by atoms with van der Waals surface area (Å²) < 4.78 is 25.3. The lowest BCUT2D eigenvalue weighted by Gasteiger charge is -2.33. The minimum Gasteiger partial charge on any atom is -0.348 e. The van der Waals surface area contributed by atoms with E-state index in [1.807, 2.05) is 0 Å². The summed E-state index contributed by atoms with van der Waals surface area (Å²) in [6.07, 6.45) is 7.11. The van der Waals surface area contributed by atoms with Crippen molar-refractivity contribution in [3.63, 3.8) is 0 Å². The summed E-state index contributed by atoms with van der Waals surface area (Å²) >= 11 is 0. The zero-order valence-electron chi connectivity index (χ0n) is 15.5. The summed E-state index contributed by atoms with van der Waals surface area (Å²) in [5.41, 5.74) is 0.320. The largest absolute Gasteiger partial charge is 0.348 e. The molecule has 2 atom stereocenters. The molecule has 1 aliphatic rings. The van der Waals surface area contributed by atoms with Crippen LogP contribution in [-0.4, -0.2) is 18.2 Å². The number of pyridine rings is 1. The maximum atomic E-state index is 13.7. The first-order valence-electron chi connectivity index (χ1n) is 9.37. The minimum atomic E-state index is -0.635. The molecule has 2 heterocycles. The van der Waals surface area contributed by atoms with E-state index in [9.17, 15) is 4.39 Å². The summed E-state index contributed by atoms with van der Waals surface area (Å²) in [6, 6.07) is 2.99. The van der Waals surface area contributed by atoms with Crippen molar-refractivity contribution in [2.45, 2.75) is 59.2 Å². The van der Waals surface area contributed by atoms with E-state index in [4.69, 9.17) is 14.7 Å². The van der Waals surface area contributed by atoms with Crippen LogP contribution in [0, 0.1) is 34.9 Å². The van der Waals surface area contributed by atoms with Crippen molar-refractivity contribution < 1.29 is 13.9 Å². The Labute approximate surface area is 150 Å². The summed E-state index contributed by atoms with van der Waals surface area (Å²) in [5.74, 6) is 1.09. The average Bonchev–Trinajstić information content (AvgIpc) is 2.65. The second-order valence-corrected chi connectivity index (χ2v) is 7.09. The maximum Gasteiger partial charge on any atom is 0.185 e. The predicted octanol–water partition coefficient (Wildman–Crippen LogP) is 5.00. The molecule has 0 aromatic carbocycles. The molecule has 4 nitrogen and oxygen atoms in total.